The van der Waals surface area contributed by atoms with Crippen LogP contribution in [0.3, 0.4) is 0 Å². The summed E-state index contributed by atoms with van der Waals surface area (Å²) in [6.45, 7) is 4.97. The normalized spacial score (nSPS) is 15.1. The van der Waals surface area contributed by atoms with Crippen LogP contribution in [0.25, 0.3) is 0 Å². The van der Waals surface area contributed by atoms with Crippen molar-refractivity contribution in [2.24, 2.45) is 0 Å². The van der Waals surface area contributed by atoms with E-state index in [1.165, 1.54) is 19.2 Å². The van der Waals surface area contributed by atoms with E-state index in [1.807, 2.05) is 25.1 Å². The fourth-order valence-electron chi connectivity index (χ4n) is 2.68. The number of nitrogens with one attached hydrogen (secondary N) is 2. The number of carbonyl (C=O) groups excluding carboxylic acids is 1. The van der Waals surface area contributed by atoms with Gasteiger partial charge in [0.05, 0.1) is 13.2 Å². The predicted octanol–water partition coefficient (Wildman–Crippen LogP) is 1.59. The highest BCUT2D eigenvalue weighted by Gasteiger charge is 2.20. The molecule has 26 heavy (non-hydrogen) atoms. The first kappa shape index (κ1) is 18.4. The van der Waals surface area contributed by atoms with Gasteiger partial charge in [-0.15, -0.1) is 0 Å². The zero-order chi connectivity index (χ0) is 18.7. The van der Waals surface area contributed by atoms with Crippen LogP contribution in [0.2, 0.25) is 0 Å². The summed E-state index contributed by atoms with van der Waals surface area (Å²) in [7, 11) is -2.45. The maximum atomic E-state index is 12.3. The van der Waals surface area contributed by atoms with Gasteiger partial charge < -0.3 is 19.4 Å². The molecule has 0 atom stereocenters. The van der Waals surface area contributed by atoms with Crippen molar-refractivity contribution in [2.75, 3.05) is 43.6 Å². The SMILES string of the molecule is CNS(=O)(=O)c1ccc(C(=O)Nc2ccc(N3CCOCC3)cc2C)o1. The highest BCUT2D eigenvalue weighted by molar-refractivity contribution is 7.89. The van der Waals surface area contributed by atoms with E-state index in [9.17, 15) is 13.2 Å². The molecule has 3 rings (SSSR count). The van der Waals surface area contributed by atoms with E-state index >= 15 is 0 Å². The minimum atomic E-state index is -3.72. The van der Waals surface area contributed by atoms with Crippen molar-refractivity contribution in [3.05, 3.63) is 41.7 Å². The lowest BCUT2D eigenvalue weighted by Gasteiger charge is -2.29. The Bertz CT molecular complexity index is 901. The summed E-state index contributed by atoms with van der Waals surface area (Å²) in [4.78, 5) is 14.6. The Morgan fingerprint density at radius 1 is 1.15 bits per heavy atom. The van der Waals surface area contributed by atoms with E-state index in [-0.39, 0.29) is 10.9 Å². The summed E-state index contributed by atoms with van der Waals surface area (Å²) >= 11 is 0. The molecule has 2 aromatic rings. The standard InChI is InChI=1S/C17H21N3O5S/c1-12-11-13(20-7-9-24-10-8-20)3-4-14(12)19-17(21)15-5-6-16(25-15)26(22,23)18-2/h3-6,11,18H,7-10H2,1-2H3,(H,19,21). The number of nitrogens with zero attached hydrogens (tertiary/aromatic N) is 1. The van der Waals surface area contributed by atoms with E-state index in [0.29, 0.717) is 18.9 Å². The number of amides is 1. The average Bonchev–Trinajstić information content (AvgIpc) is 3.15. The second-order valence-electron chi connectivity index (χ2n) is 5.88. The van der Waals surface area contributed by atoms with Crippen LogP contribution in [0.5, 0.6) is 0 Å². The van der Waals surface area contributed by atoms with E-state index < -0.39 is 15.9 Å². The third-order valence-corrected chi connectivity index (χ3v) is 5.46. The smallest absolute Gasteiger partial charge is 0.291 e. The van der Waals surface area contributed by atoms with Gasteiger partial charge in [-0.2, -0.15) is 0 Å². The number of sulfonamides is 1. The van der Waals surface area contributed by atoms with E-state index in [4.69, 9.17) is 9.15 Å². The van der Waals surface area contributed by atoms with E-state index in [2.05, 4.69) is 14.9 Å². The Morgan fingerprint density at radius 2 is 1.88 bits per heavy atom. The predicted molar refractivity (Wildman–Crippen MR) is 97.1 cm³/mol. The summed E-state index contributed by atoms with van der Waals surface area (Å²) in [5, 5.41) is 2.45. The summed E-state index contributed by atoms with van der Waals surface area (Å²) in [6, 6.07) is 8.34. The number of hydrogen-bond acceptors (Lipinski definition) is 6. The summed E-state index contributed by atoms with van der Waals surface area (Å²) < 4.78 is 36.0. The Balaban J connectivity index is 1.73. The number of carbonyl (C=O) groups is 1. The molecule has 1 aromatic carbocycles. The molecule has 1 saturated heterocycles. The highest BCUT2D eigenvalue weighted by Crippen LogP contribution is 2.24. The van der Waals surface area contributed by atoms with Gasteiger partial charge in [0.25, 0.3) is 15.9 Å². The van der Waals surface area contributed by atoms with Crippen LogP contribution in [-0.2, 0) is 14.8 Å². The number of benzene rings is 1. The number of rotatable bonds is 5. The monoisotopic (exact) mass is 379 g/mol. The Kier molecular flexibility index (Phi) is 5.30. The Labute approximate surface area is 152 Å². The molecular formula is C17H21N3O5S. The molecule has 1 amide bonds. The molecule has 1 aliphatic rings. The third-order valence-electron chi connectivity index (χ3n) is 4.17. The molecule has 1 aliphatic heterocycles. The molecule has 2 N–H and O–H groups in total. The summed E-state index contributed by atoms with van der Waals surface area (Å²) in [5.74, 6) is -0.583. The Morgan fingerprint density at radius 3 is 2.54 bits per heavy atom. The van der Waals surface area contributed by atoms with E-state index in [0.717, 1.165) is 24.3 Å². The number of morpholine rings is 1. The average molecular weight is 379 g/mol. The van der Waals surface area contributed by atoms with Crippen molar-refractivity contribution >= 4 is 27.3 Å². The molecule has 1 aromatic heterocycles. The van der Waals surface area contributed by atoms with Crippen LogP contribution in [0.1, 0.15) is 16.1 Å². The molecule has 1 fully saturated rings. The first-order valence-electron chi connectivity index (χ1n) is 8.19. The molecule has 2 heterocycles. The van der Waals surface area contributed by atoms with Crippen molar-refractivity contribution in [3.8, 4) is 0 Å². The largest absolute Gasteiger partial charge is 0.438 e. The van der Waals surface area contributed by atoms with Crippen molar-refractivity contribution < 1.29 is 22.4 Å². The first-order valence-corrected chi connectivity index (χ1v) is 9.67. The van der Waals surface area contributed by atoms with Gasteiger partial charge in [-0.25, -0.2) is 13.1 Å². The minimum Gasteiger partial charge on any atom is -0.438 e. The van der Waals surface area contributed by atoms with Gasteiger partial charge in [-0.1, -0.05) is 0 Å². The van der Waals surface area contributed by atoms with Gasteiger partial charge in [-0.3, -0.25) is 4.79 Å². The lowest BCUT2D eigenvalue weighted by molar-refractivity contribution is 0.0991. The van der Waals surface area contributed by atoms with Gasteiger partial charge in [0.1, 0.15) is 0 Å². The number of anilines is 2. The molecule has 0 saturated carbocycles. The van der Waals surface area contributed by atoms with Gasteiger partial charge in [0, 0.05) is 24.5 Å². The van der Waals surface area contributed by atoms with Crippen molar-refractivity contribution in [1.82, 2.24) is 4.72 Å². The van der Waals surface area contributed by atoms with Gasteiger partial charge in [0.2, 0.25) is 5.09 Å². The lowest BCUT2D eigenvalue weighted by atomic mass is 10.1. The second-order valence-corrected chi connectivity index (χ2v) is 7.70. The number of furan rings is 1. The summed E-state index contributed by atoms with van der Waals surface area (Å²) in [5.41, 5.74) is 2.61. The van der Waals surface area contributed by atoms with Crippen molar-refractivity contribution in [1.29, 1.82) is 0 Å². The van der Waals surface area contributed by atoms with Gasteiger partial charge in [0.15, 0.2) is 5.76 Å². The Hall–Kier alpha value is -2.36. The number of aryl methyl sites for hydroxylation is 1. The topological polar surface area (TPSA) is 101 Å². The molecule has 0 unspecified atom stereocenters. The van der Waals surface area contributed by atoms with Crippen LogP contribution in [-0.4, -0.2) is 47.7 Å². The molecule has 0 aliphatic carbocycles. The first-order chi connectivity index (χ1) is 12.4. The fourth-order valence-corrected chi connectivity index (χ4v) is 3.33. The molecule has 0 radical (unpaired) electrons. The molecule has 0 spiro atoms. The van der Waals surface area contributed by atoms with Crippen molar-refractivity contribution in [2.45, 2.75) is 12.0 Å². The molecule has 0 bridgehead atoms. The van der Waals surface area contributed by atoms with Gasteiger partial charge >= 0.3 is 0 Å². The van der Waals surface area contributed by atoms with Crippen LogP contribution in [0.15, 0.2) is 39.8 Å². The fraction of sp³-hybridized carbons (Fsp3) is 0.353. The van der Waals surface area contributed by atoms with Crippen LogP contribution in [0.4, 0.5) is 11.4 Å². The molecule has 8 nitrogen and oxygen atoms in total. The summed E-state index contributed by atoms with van der Waals surface area (Å²) in [6.07, 6.45) is 0. The molecule has 9 heteroatoms. The minimum absolute atomic E-state index is 0.0736. The van der Waals surface area contributed by atoms with Crippen LogP contribution < -0.4 is 14.9 Å². The van der Waals surface area contributed by atoms with Gasteiger partial charge in [-0.05, 0) is 49.9 Å². The molecule has 140 valence electrons. The maximum Gasteiger partial charge on any atom is 0.291 e. The lowest BCUT2D eigenvalue weighted by Crippen LogP contribution is -2.36. The number of hydrogen-bond donors (Lipinski definition) is 2. The molecular weight excluding hydrogens is 358 g/mol. The zero-order valence-corrected chi connectivity index (χ0v) is 15.4. The third kappa shape index (κ3) is 3.90. The van der Waals surface area contributed by atoms with Crippen LogP contribution in [0, 0.1) is 6.92 Å². The second kappa shape index (κ2) is 7.48. The number of ether oxygens (including phenoxy) is 1. The van der Waals surface area contributed by atoms with Crippen LogP contribution >= 0.6 is 0 Å². The quantitative estimate of drug-likeness (QED) is 0.818. The zero-order valence-electron chi connectivity index (χ0n) is 14.6. The maximum absolute atomic E-state index is 12.3. The van der Waals surface area contributed by atoms with E-state index in [1.54, 1.807) is 0 Å². The van der Waals surface area contributed by atoms with Crippen molar-refractivity contribution in [3.63, 3.8) is 0 Å². The highest BCUT2D eigenvalue weighted by atomic mass is 32.2.